The molecule has 1 aliphatic carbocycles. The van der Waals surface area contributed by atoms with Crippen molar-refractivity contribution in [3.05, 3.63) is 65.6 Å². The van der Waals surface area contributed by atoms with Crippen molar-refractivity contribution in [2.24, 2.45) is 7.05 Å². The second kappa shape index (κ2) is 8.04. The van der Waals surface area contributed by atoms with Crippen LogP contribution >= 0.6 is 11.6 Å². The number of benzene rings is 1. The summed E-state index contributed by atoms with van der Waals surface area (Å²) in [5.41, 5.74) is 1.82. The van der Waals surface area contributed by atoms with E-state index < -0.39 is 25.8 Å². The molecule has 156 valence electrons. The molecule has 0 unspecified atom stereocenters. The van der Waals surface area contributed by atoms with Gasteiger partial charge in [-0.25, -0.2) is 22.8 Å². The largest absolute Gasteiger partial charge is 0.484 e. The number of nitrogens with zero attached hydrogens (tertiary/aromatic N) is 4. The van der Waals surface area contributed by atoms with Gasteiger partial charge in [0.25, 0.3) is 10.0 Å². The fraction of sp³-hybridized carbons (Fsp3) is 0.211. The van der Waals surface area contributed by atoms with Gasteiger partial charge in [-0.3, -0.25) is 9.40 Å². The average molecular weight is 450 g/mol. The molecule has 0 bridgehead atoms. The van der Waals surface area contributed by atoms with Crippen LogP contribution in [0.2, 0.25) is 5.02 Å². The number of allylic oxidation sites excluding steroid dienone is 1. The van der Waals surface area contributed by atoms with Gasteiger partial charge in [0.15, 0.2) is 5.82 Å². The Hall–Kier alpha value is -2.98. The molecule has 0 amide bonds. The molecule has 1 N–H and O–H groups in total. The van der Waals surface area contributed by atoms with E-state index >= 15 is 0 Å². The molecule has 0 fully saturated rings. The van der Waals surface area contributed by atoms with Crippen molar-refractivity contribution in [3.8, 4) is 5.75 Å². The topological polar surface area (TPSA) is 99.0 Å². The Morgan fingerprint density at radius 2 is 2.10 bits per heavy atom. The van der Waals surface area contributed by atoms with Crippen LogP contribution in [0.5, 0.6) is 5.75 Å². The number of aromatic nitrogens is 4. The minimum absolute atomic E-state index is 0.0118. The van der Waals surface area contributed by atoms with Gasteiger partial charge in [0.1, 0.15) is 33.9 Å². The van der Waals surface area contributed by atoms with E-state index in [1.165, 1.54) is 24.7 Å². The van der Waals surface area contributed by atoms with Crippen molar-refractivity contribution in [2.75, 3.05) is 4.72 Å². The molecule has 0 saturated carbocycles. The SMILES string of the molecule is Cn1nccc1C1=CCC[C@@H]1Oc1ccc(S(=O)(=O)Nc2ccncn2)c(F)c1Cl. The van der Waals surface area contributed by atoms with E-state index in [1.54, 1.807) is 10.9 Å². The summed E-state index contributed by atoms with van der Waals surface area (Å²) in [5, 5.41) is 3.75. The van der Waals surface area contributed by atoms with Crippen LogP contribution in [-0.4, -0.2) is 34.3 Å². The minimum atomic E-state index is -4.24. The standard InChI is InChI=1S/C19H17ClFN5O3S/c1-26-13(7-10-24-26)12-3-2-4-14(12)29-15-5-6-16(19(21)18(15)20)30(27,28)25-17-8-9-22-11-23-17/h3,5-11,14H,2,4H2,1H3,(H,22,23,25)/t14-/m0/s1. The number of hydrogen-bond donors (Lipinski definition) is 1. The Balaban J connectivity index is 1.59. The number of halogens is 2. The lowest BCUT2D eigenvalue weighted by Crippen LogP contribution is -2.18. The molecule has 1 aromatic carbocycles. The molecule has 4 rings (SSSR count). The first-order chi connectivity index (χ1) is 14.4. The molecule has 30 heavy (non-hydrogen) atoms. The van der Waals surface area contributed by atoms with E-state index in [-0.39, 0.29) is 17.7 Å². The third-order valence-electron chi connectivity index (χ3n) is 4.65. The van der Waals surface area contributed by atoms with Crippen molar-refractivity contribution >= 4 is 33.0 Å². The third kappa shape index (κ3) is 3.88. The zero-order valence-corrected chi connectivity index (χ0v) is 17.4. The van der Waals surface area contributed by atoms with Gasteiger partial charge in [-0.05, 0) is 37.1 Å². The molecule has 8 nitrogen and oxygen atoms in total. The van der Waals surface area contributed by atoms with Gasteiger partial charge in [0, 0.05) is 25.0 Å². The van der Waals surface area contributed by atoms with Crippen molar-refractivity contribution < 1.29 is 17.5 Å². The number of nitrogens with one attached hydrogen (secondary N) is 1. The molecule has 0 spiro atoms. The Labute approximate surface area is 177 Å². The summed E-state index contributed by atoms with van der Waals surface area (Å²) in [6, 6.07) is 5.67. The quantitative estimate of drug-likeness (QED) is 0.619. The molecule has 0 radical (unpaired) electrons. The lowest BCUT2D eigenvalue weighted by Gasteiger charge is -2.19. The predicted molar refractivity (Wildman–Crippen MR) is 109 cm³/mol. The molecule has 2 heterocycles. The average Bonchev–Trinajstić information content (AvgIpc) is 3.34. The maximum absolute atomic E-state index is 14.9. The van der Waals surface area contributed by atoms with Crippen LogP contribution in [0.15, 0.2) is 54.0 Å². The fourth-order valence-electron chi connectivity index (χ4n) is 3.24. The Morgan fingerprint density at radius 1 is 1.27 bits per heavy atom. The molecule has 11 heteroatoms. The van der Waals surface area contributed by atoms with E-state index in [4.69, 9.17) is 16.3 Å². The Morgan fingerprint density at radius 3 is 2.80 bits per heavy atom. The maximum Gasteiger partial charge on any atom is 0.266 e. The van der Waals surface area contributed by atoms with Crippen LogP contribution in [0.25, 0.3) is 5.57 Å². The molecular formula is C19H17ClFN5O3S. The van der Waals surface area contributed by atoms with Gasteiger partial charge in [0.2, 0.25) is 0 Å². The summed E-state index contributed by atoms with van der Waals surface area (Å²) in [5.74, 6) is -1.02. The van der Waals surface area contributed by atoms with Crippen molar-refractivity contribution in [1.82, 2.24) is 19.7 Å². The van der Waals surface area contributed by atoms with Crippen molar-refractivity contribution in [1.29, 1.82) is 0 Å². The van der Waals surface area contributed by atoms with Gasteiger partial charge < -0.3 is 4.74 Å². The third-order valence-corrected chi connectivity index (χ3v) is 6.37. The first-order valence-electron chi connectivity index (χ1n) is 8.99. The molecule has 1 aliphatic rings. The molecular weight excluding hydrogens is 433 g/mol. The normalized spacial score (nSPS) is 16.4. The highest BCUT2D eigenvalue weighted by Gasteiger charge is 2.28. The Bertz CT molecular complexity index is 1210. The lowest BCUT2D eigenvalue weighted by atomic mass is 10.1. The number of ether oxygens (including phenoxy) is 1. The van der Waals surface area contributed by atoms with Gasteiger partial charge in [-0.15, -0.1) is 0 Å². The zero-order valence-electron chi connectivity index (χ0n) is 15.8. The summed E-state index contributed by atoms with van der Waals surface area (Å²) in [7, 11) is -2.42. The van der Waals surface area contributed by atoms with E-state index in [0.29, 0.717) is 6.42 Å². The minimum Gasteiger partial charge on any atom is -0.484 e. The van der Waals surface area contributed by atoms with Gasteiger partial charge >= 0.3 is 0 Å². The first kappa shape index (κ1) is 20.3. The summed E-state index contributed by atoms with van der Waals surface area (Å²) < 4.78 is 49.8. The van der Waals surface area contributed by atoms with E-state index in [2.05, 4.69) is 19.8 Å². The molecule has 0 aliphatic heterocycles. The van der Waals surface area contributed by atoms with Gasteiger partial charge in [-0.1, -0.05) is 17.7 Å². The lowest BCUT2D eigenvalue weighted by molar-refractivity contribution is 0.254. The molecule has 2 aromatic heterocycles. The van der Waals surface area contributed by atoms with Crippen LogP contribution in [0.4, 0.5) is 10.2 Å². The van der Waals surface area contributed by atoms with Crippen LogP contribution < -0.4 is 9.46 Å². The van der Waals surface area contributed by atoms with Gasteiger partial charge in [-0.2, -0.15) is 5.10 Å². The molecule has 3 aromatic rings. The molecule has 1 atom stereocenters. The van der Waals surface area contributed by atoms with E-state index in [1.807, 2.05) is 19.2 Å². The van der Waals surface area contributed by atoms with Crippen LogP contribution in [0, 0.1) is 5.82 Å². The zero-order chi connectivity index (χ0) is 21.3. The van der Waals surface area contributed by atoms with Gasteiger partial charge in [0.05, 0.1) is 5.69 Å². The second-order valence-electron chi connectivity index (χ2n) is 6.57. The molecule has 0 saturated heterocycles. The van der Waals surface area contributed by atoms with Crippen molar-refractivity contribution in [2.45, 2.75) is 23.8 Å². The number of anilines is 1. The van der Waals surface area contributed by atoms with Crippen molar-refractivity contribution in [3.63, 3.8) is 0 Å². The monoisotopic (exact) mass is 449 g/mol. The first-order valence-corrected chi connectivity index (χ1v) is 10.8. The highest BCUT2D eigenvalue weighted by molar-refractivity contribution is 7.92. The summed E-state index contributed by atoms with van der Waals surface area (Å²) >= 11 is 6.13. The number of aryl methyl sites for hydroxylation is 1. The number of hydrogen-bond acceptors (Lipinski definition) is 6. The van der Waals surface area contributed by atoms with Crippen LogP contribution in [-0.2, 0) is 17.1 Å². The summed E-state index contributed by atoms with van der Waals surface area (Å²) in [6.07, 6.45) is 7.39. The summed E-state index contributed by atoms with van der Waals surface area (Å²) in [6.45, 7) is 0. The Kier molecular flexibility index (Phi) is 5.44. The second-order valence-corrected chi connectivity index (χ2v) is 8.60. The van der Waals surface area contributed by atoms with E-state index in [0.717, 1.165) is 23.8 Å². The van der Waals surface area contributed by atoms with Crippen LogP contribution in [0.3, 0.4) is 0 Å². The number of rotatable bonds is 6. The summed E-state index contributed by atoms with van der Waals surface area (Å²) in [4.78, 5) is 6.87. The highest BCUT2D eigenvalue weighted by atomic mass is 35.5. The maximum atomic E-state index is 14.9. The highest BCUT2D eigenvalue weighted by Crippen LogP contribution is 2.37. The smallest absolute Gasteiger partial charge is 0.266 e. The predicted octanol–water partition coefficient (Wildman–Crippen LogP) is 3.43. The number of sulfonamides is 1. The fourth-order valence-corrected chi connectivity index (χ4v) is 4.59. The van der Waals surface area contributed by atoms with E-state index in [9.17, 15) is 12.8 Å². The van der Waals surface area contributed by atoms with Crippen LogP contribution in [0.1, 0.15) is 18.5 Å².